The summed E-state index contributed by atoms with van der Waals surface area (Å²) in [7, 11) is 0. The number of rotatable bonds is 9. The van der Waals surface area contributed by atoms with Gasteiger partial charge in [0, 0.05) is 13.1 Å². The van der Waals surface area contributed by atoms with Crippen LogP contribution >= 0.6 is 0 Å². The van der Waals surface area contributed by atoms with E-state index in [-0.39, 0.29) is 33.8 Å². The van der Waals surface area contributed by atoms with Crippen LogP contribution in [0.1, 0.15) is 166 Å². The molecule has 0 bridgehead atoms. The molecular formula is C42H72N2O5. The third-order valence-electron chi connectivity index (χ3n) is 13.8. The topological polar surface area (TPSA) is 79.3 Å². The largest absolute Gasteiger partial charge is 0.507 e. The van der Waals surface area contributed by atoms with E-state index >= 15 is 9.59 Å². The van der Waals surface area contributed by atoms with Crippen molar-refractivity contribution in [2.75, 3.05) is 13.1 Å². The number of hydroxylamine groups is 4. The van der Waals surface area contributed by atoms with E-state index in [0.717, 1.165) is 36.0 Å². The molecule has 2 heterocycles. The van der Waals surface area contributed by atoms with E-state index in [9.17, 15) is 5.11 Å². The highest BCUT2D eigenvalue weighted by atomic mass is 16.7. The minimum atomic E-state index is -1.61. The second-order valence-electron chi connectivity index (χ2n) is 19.8. The van der Waals surface area contributed by atoms with Crippen molar-refractivity contribution in [2.24, 2.45) is 28.1 Å². The van der Waals surface area contributed by atoms with E-state index in [2.05, 4.69) is 118 Å². The van der Waals surface area contributed by atoms with Crippen molar-refractivity contribution in [3.8, 4) is 5.75 Å². The summed E-state index contributed by atoms with van der Waals surface area (Å²) in [6, 6.07) is 3.97. The molecule has 2 atom stereocenters. The van der Waals surface area contributed by atoms with Crippen LogP contribution in [-0.2, 0) is 36.5 Å². The maximum absolute atomic E-state index is 15.0. The van der Waals surface area contributed by atoms with Gasteiger partial charge in [-0.05, 0) is 104 Å². The molecule has 7 nitrogen and oxygen atoms in total. The first-order valence-corrected chi connectivity index (χ1v) is 19.0. The van der Waals surface area contributed by atoms with Crippen LogP contribution in [0.5, 0.6) is 5.75 Å². The average molecular weight is 685 g/mol. The summed E-state index contributed by atoms with van der Waals surface area (Å²) in [5, 5.41) is 15.2. The molecule has 2 fully saturated rings. The zero-order valence-corrected chi connectivity index (χ0v) is 34.4. The molecule has 7 heteroatoms. The maximum atomic E-state index is 15.0. The first-order valence-electron chi connectivity index (χ1n) is 19.0. The molecule has 0 amide bonds. The standard InChI is InChI=1S/C42H72N2O5/c1-18-19-22-42(34(46)48-43-23-20-28(2)38(10,11)40(43,14)15,35(47)49-44-24-21-29(3)39(12,13)41(44,16)17)27-30-25-31(36(4,5)6)33(45)32(26-30)37(7,8)9/h25-26,28-29,45H,18-24,27H2,1-17H3. The van der Waals surface area contributed by atoms with Gasteiger partial charge in [0.1, 0.15) is 5.75 Å². The third-order valence-corrected chi connectivity index (χ3v) is 13.8. The van der Waals surface area contributed by atoms with Crippen molar-refractivity contribution in [1.82, 2.24) is 10.1 Å². The monoisotopic (exact) mass is 685 g/mol. The van der Waals surface area contributed by atoms with Crippen LogP contribution in [0.2, 0.25) is 0 Å². The van der Waals surface area contributed by atoms with Crippen molar-refractivity contribution in [3.05, 3.63) is 28.8 Å². The molecular weight excluding hydrogens is 612 g/mol. The molecule has 280 valence electrons. The lowest BCUT2D eigenvalue weighted by molar-refractivity contribution is -0.277. The minimum absolute atomic E-state index is 0.110. The average Bonchev–Trinajstić information content (AvgIpc) is 2.96. The van der Waals surface area contributed by atoms with Gasteiger partial charge in [-0.3, -0.25) is 0 Å². The minimum Gasteiger partial charge on any atom is -0.507 e. The fraction of sp³-hybridized carbons (Fsp3) is 0.810. The molecule has 49 heavy (non-hydrogen) atoms. The van der Waals surface area contributed by atoms with Crippen LogP contribution < -0.4 is 0 Å². The van der Waals surface area contributed by atoms with E-state index < -0.39 is 28.4 Å². The highest BCUT2D eigenvalue weighted by Crippen LogP contribution is 2.50. The predicted octanol–water partition coefficient (Wildman–Crippen LogP) is 9.92. The summed E-state index contributed by atoms with van der Waals surface area (Å²) < 4.78 is 0. The van der Waals surface area contributed by atoms with Gasteiger partial charge in [-0.15, -0.1) is 10.1 Å². The van der Waals surface area contributed by atoms with E-state index in [4.69, 9.17) is 9.68 Å². The quantitative estimate of drug-likeness (QED) is 0.259. The molecule has 0 radical (unpaired) electrons. The molecule has 1 aromatic rings. The lowest BCUT2D eigenvalue weighted by Crippen LogP contribution is -2.63. The molecule has 2 saturated heterocycles. The Hall–Kier alpha value is -2.12. The molecule has 0 spiro atoms. The van der Waals surface area contributed by atoms with E-state index in [1.165, 1.54) is 0 Å². The summed E-state index contributed by atoms with van der Waals surface area (Å²) in [6.45, 7) is 37.7. The van der Waals surface area contributed by atoms with Crippen LogP contribution in [0.4, 0.5) is 0 Å². The van der Waals surface area contributed by atoms with Gasteiger partial charge in [-0.1, -0.05) is 115 Å². The molecule has 1 N–H and O–H groups in total. The number of unbranched alkanes of at least 4 members (excludes halogenated alkanes) is 1. The van der Waals surface area contributed by atoms with Gasteiger partial charge in [-0.2, -0.15) is 0 Å². The Morgan fingerprint density at radius 2 is 1.12 bits per heavy atom. The number of carbonyl (C=O) groups is 2. The normalized spacial score (nSPS) is 25.3. The second-order valence-corrected chi connectivity index (χ2v) is 19.8. The number of phenols is 1. The van der Waals surface area contributed by atoms with Crippen molar-refractivity contribution >= 4 is 11.9 Å². The fourth-order valence-electron chi connectivity index (χ4n) is 7.73. The lowest BCUT2D eigenvalue weighted by Gasteiger charge is -2.55. The fourth-order valence-corrected chi connectivity index (χ4v) is 7.73. The Labute approximate surface area is 299 Å². The molecule has 2 unspecified atom stereocenters. The van der Waals surface area contributed by atoms with Gasteiger partial charge < -0.3 is 14.8 Å². The summed E-state index contributed by atoms with van der Waals surface area (Å²) in [5.41, 5.74) is -1.15. The summed E-state index contributed by atoms with van der Waals surface area (Å²) in [4.78, 5) is 43.1. The summed E-state index contributed by atoms with van der Waals surface area (Å²) in [6.07, 6.45) is 3.62. The van der Waals surface area contributed by atoms with Gasteiger partial charge in [-0.25, -0.2) is 9.59 Å². The third kappa shape index (κ3) is 7.59. The number of piperidine rings is 2. The smallest absolute Gasteiger partial charge is 0.342 e. The molecule has 2 aliphatic heterocycles. The van der Waals surface area contributed by atoms with E-state index in [0.29, 0.717) is 37.8 Å². The van der Waals surface area contributed by atoms with Crippen LogP contribution in [0.25, 0.3) is 0 Å². The van der Waals surface area contributed by atoms with Gasteiger partial charge >= 0.3 is 11.9 Å². The lowest BCUT2D eigenvalue weighted by atomic mass is 9.63. The second kappa shape index (κ2) is 13.8. The molecule has 0 aromatic heterocycles. The first-order chi connectivity index (χ1) is 22.1. The number of phenolic OH excluding ortho intramolecular Hbond substituents is 1. The number of benzene rings is 1. The van der Waals surface area contributed by atoms with Crippen LogP contribution in [0, 0.1) is 28.1 Å². The Balaban J connectivity index is 2.24. The van der Waals surface area contributed by atoms with Gasteiger partial charge in [0.25, 0.3) is 0 Å². The van der Waals surface area contributed by atoms with Crippen molar-refractivity contribution < 1.29 is 24.4 Å². The first kappa shape index (κ1) is 41.3. The Morgan fingerprint density at radius 1 is 0.755 bits per heavy atom. The van der Waals surface area contributed by atoms with Gasteiger partial charge in [0.2, 0.25) is 0 Å². The van der Waals surface area contributed by atoms with E-state index in [1.807, 2.05) is 22.3 Å². The Kier molecular flexibility index (Phi) is 11.6. The maximum Gasteiger partial charge on any atom is 0.342 e. The molecule has 1 aromatic carbocycles. The summed E-state index contributed by atoms with van der Waals surface area (Å²) in [5.74, 6) is 0.0147. The SMILES string of the molecule is CCCCC(Cc1cc(C(C)(C)C)c(O)c(C(C)(C)C)c1)(C(=O)ON1CCC(C)C(C)(C)C1(C)C)C(=O)ON1CCC(C)C(C)(C)C1(C)C. The van der Waals surface area contributed by atoms with Gasteiger partial charge in [0.15, 0.2) is 5.41 Å². The van der Waals surface area contributed by atoms with E-state index in [1.54, 1.807) is 0 Å². The Bertz CT molecular complexity index is 1270. The van der Waals surface area contributed by atoms with Crippen molar-refractivity contribution in [2.45, 2.75) is 178 Å². The number of carbonyl (C=O) groups excluding carboxylic acids is 2. The zero-order valence-electron chi connectivity index (χ0n) is 34.4. The van der Waals surface area contributed by atoms with Crippen LogP contribution in [0.15, 0.2) is 12.1 Å². The zero-order chi connectivity index (χ0) is 37.8. The predicted molar refractivity (Wildman–Crippen MR) is 200 cm³/mol. The highest BCUT2D eigenvalue weighted by molar-refractivity contribution is 6.00. The number of nitrogens with zero attached hydrogens (tertiary/aromatic N) is 2. The molecule has 0 saturated carbocycles. The molecule has 3 rings (SSSR count). The summed E-state index contributed by atoms with van der Waals surface area (Å²) >= 11 is 0. The molecule has 2 aliphatic rings. The van der Waals surface area contributed by atoms with Gasteiger partial charge in [0.05, 0.1) is 11.1 Å². The number of aromatic hydroxyl groups is 1. The van der Waals surface area contributed by atoms with Crippen LogP contribution in [-0.4, -0.2) is 51.3 Å². The van der Waals surface area contributed by atoms with Crippen molar-refractivity contribution in [3.63, 3.8) is 0 Å². The number of hydrogen-bond acceptors (Lipinski definition) is 7. The highest BCUT2D eigenvalue weighted by Gasteiger charge is 2.57. The number of hydrogen-bond donors (Lipinski definition) is 1. The van der Waals surface area contributed by atoms with Crippen LogP contribution in [0.3, 0.4) is 0 Å². The Morgan fingerprint density at radius 3 is 1.45 bits per heavy atom. The van der Waals surface area contributed by atoms with Crippen molar-refractivity contribution in [1.29, 1.82) is 0 Å². The molecule has 0 aliphatic carbocycles.